The Hall–Kier alpha value is -2.38. The molecule has 2 aromatic heterocycles. The van der Waals surface area contributed by atoms with E-state index < -0.39 is 11.6 Å². The van der Waals surface area contributed by atoms with Crippen LogP contribution in [0.3, 0.4) is 0 Å². The summed E-state index contributed by atoms with van der Waals surface area (Å²) in [4.78, 5) is 38.9. The number of carbonyl (C=O) groups excluding carboxylic acids is 1. The van der Waals surface area contributed by atoms with E-state index in [9.17, 15) is 14.4 Å². The number of amides is 1. The molecule has 0 radical (unpaired) electrons. The fourth-order valence-electron chi connectivity index (χ4n) is 3.50. The summed E-state index contributed by atoms with van der Waals surface area (Å²) < 4.78 is 2.92. The molecule has 0 spiro atoms. The maximum absolute atomic E-state index is 13.1. The lowest BCUT2D eigenvalue weighted by atomic mass is 9.98. The first-order chi connectivity index (χ1) is 12.5. The van der Waals surface area contributed by atoms with Gasteiger partial charge >= 0.3 is 5.69 Å². The first-order valence-corrected chi connectivity index (χ1v) is 9.51. The minimum absolute atomic E-state index is 0.258. The summed E-state index contributed by atoms with van der Waals surface area (Å²) in [5.74, 6) is -0.620. The standard InChI is InChI=1S/C18H16ClN3O3S/c19-10-5-7-11(8-6-10)22-17(24)16-15(21(18(22)25)9-14(20)23)12-3-1-2-4-13(12)26-16/h5-8H,1-4,9H2,(H2,20,23). The Bertz CT molecular complexity index is 1140. The van der Waals surface area contributed by atoms with E-state index in [1.54, 1.807) is 24.3 Å². The smallest absolute Gasteiger partial charge is 0.336 e. The zero-order valence-corrected chi connectivity index (χ0v) is 15.4. The van der Waals surface area contributed by atoms with Crippen LogP contribution in [0.15, 0.2) is 33.9 Å². The zero-order valence-electron chi connectivity index (χ0n) is 13.8. The number of nitrogens with zero attached hydrogens (tertiary/aromatic N) is 2. The number of hydrogen-bond acceptors (Lipinski definition) is 4. The van der Waals surface area contributed by atoms with E-state index in [1.165, 1.54) is 15.9 Å². The molecule has 1 aromatic carbocycles. The molecule has 1 amide bonds. The lowest BCUT2D eigenvalue weighted by molar-refractivity contribution is -0.118. The second-order valence-corrected chi connectivity index (χ2v) is 7.88. The van der Waals surface area contributed by atoms with Crippen molar-refractivity contribution in [1.82, 2.24) is 9.13 Å². The molecule has 0 bridgehead atoms. The van der Waals surface area contributed by atoms with Crippen molar-refractivity contribution in [1.29, 1.82) is 0 Å². The molecule has 0 unspecified atom stereocenters. The van der Waals surface area contributed by atoms with Gasteiger partial charge < -0.3 is 5.73 Å². The molecule has 0 atom stereocenters. The highest BCUT2D eigenvalue weighted by atomic mass is 35.5. The third-order valence-corrected chi connectivity index (χ3v) is 6.15. The Morgan fingerprint density at radius 3 is 2.54 bits per heavy atom. The van der Waals surface area contributed by atoms with Gasteiger partial charge in [0.2, 0.25) is 5.91 Å². The highest BCUT2D eigenvalue weighted by molar-refractivity contribution is 7.19. The van der Waals surface area contributed by atoms with Crippen molar-refractivity contribution in [2.24, 2.45) is 5.73 Å². The number of rotatable bonds is 3. The molecule has 1 aliphatic carbocycles. The summed E-state index contributed by atoms with van der Waals surface area (Å²) in [5, 5.41) is 0.506. The van der Waals surface area contributed by atoms with Crippen molar-refractivity contribution in [3.05, 3.63) is 60.6 Å². The van der Waals surface area contributed by atoms with Crippen LogP contribution in [-0.4, -0.2) is 15.0 Å². The Balaban J connectivity index is 2.11. The van der Waals surface area contributed by atoms with Gasteiger partial charge in [0.1, 0.15) is 11.2 Å². The molecule has 2 N–H and O–H groups in total. The van der Waals surface area contributed by atoms with Gasteiger partial charge in [0.05, 0.1) is 11.2 Å². The molecular weight excluding hydrogens is 374 g/mol. The molecule has 4 rings (SSSR count). The maximum atomic E-state index is 13.1. The van der Waals surface area contributed by atoms with Gasteiger partial charge in [-0.3, -0.25) is 14.2 Å². The normalized spacial score (nSPS) is 13.7. The first kappa shape index (κ1) is 17.1. The largest absolute Gasteiger partial charge is 0.368 e. The van der Waals surface area contributed by atoms with Crippen molar-refractivity contribution in [3.63, 3.8) is 0 Å². The van der Waals surface area contributed by atoms with Crippen LogP contribution in [-0.2, 0) is 24.2 Å². The second-order valence-electron chi connectivity index (χ2n) is 6.34. The van der Waals surface area contributed by atoms with Gasteiger partial charge in [0.15, 0.2) is 0 Å². The van der Waals surface area contributed by atoms with E-state index in [4.69, 9.17) is 17.3 Å². The topological polar surface area (TPSA) is 87.1 Å². The van der Waals surface area contributed by atoms with Crippen molar-refractivity contribution in [2.45, 2.75) is 32.2 Å². The predicted molar refractivity (Wildman–Crippen MR) is 103 cm³/mol. The summed E-state index contributed by atoms with van der Waals surface area (Å²) in [6.07, 6.45) is 3.76. The quantitative estimate of drug-likeness (QED) is 0.745. The van der Waals surface area contributed by atoms with E-state index in [0.717, 1.165) is 40.7 Å². The number of aryl methyl sites for hydroxylation is 2. The van der Waals surface area contributed by atoms with Crippen molar-refractivity contribution < 1.29 is 4.79 Å². The van der Waals surface area contributed by atoms with E-state index in [1.807, 2.05) is 0 Å². The molecule has 0 saturated carbocycles. The van der Waals surface area contributed by atoms with Gasteiger partial charge in [-0.25, -0.2) is 9.36 Å². The maximum Gasteiger partial charge on any atom is 0.336 e. The molecule has 6 nitrogen and oxygen atoms in total. The average molecular weight is 390 g/mol. The van der Waals surface area contributed by atoms with Gasteiger partial charge in [-0.05, 0) is 55.5 Å². The van der Waals surface area contributed by atoms with Crippen LogP contribution in [0.5, 0.6) is 0 Å². The van der Waals surface area contributed by atoms with E-state index in [-0.39, 0.29) is 12.1 Å². The summed E-state index contributed by atoms with van der Waals surface area (Å²) in [5.41, 5.74) is 6.44. The number of hydrogen-bond donors (Lipinski definition) is 1. The molecule has 1 aliphatic rings. The molecule has 0 aliphatic heterocycles. The first-order valence-electron chi connectivity index (χ1n) is 8.31. The van der Waals surface area contributed by atoms with Crippen LogP contribution in [0.1, 0.15) is 23.3 Å². The minimum Gasteiger partial charge on any atom is -0.368 e. The molecule has 134 valence electrons. The van der Waals surface area contributed by atoms with Gasteiger partial charge in [-0.1, -0.05) is 11.6 Å². The Kier molecular flexibility index (Phi) is 4.20. The van der Waals surface area contributed by atoms with Crippen LogP contribution in [0.25, 0.3) is 15.9 Å². The van der Waals surface area contributed by atoms with Crippen molar-refractivity contribution in [3.8, 4) is 5.69 Å². The van der Waals surface area contributed by atoms with Crippen LogP contribution in [0.4, 0.5) is 0 Å². The molecule has 8 heteroatoms. The lowest BCUT2D eigenvalue weighted by Gasteiger charge is -2.14. The number of primary amides is 1. The number of halogens is 1. The monoisotopic (exact) mass is 389 g/mol. The molecule has 3 aromatic rings. The number of aromatic nitrogens is 2. The molecule has 0 fully saturated rings. The summed E-state index contributed by atoms with van der Waals surface area (Å²) in [7, 11) is 0. The summed E-state index contributed by atoms with van der Waals surface area (Å²) in [6.45, 7) is -0.258. The molecule has 0 saturated heterocycles. The van der Waals surface area contributed by atoms with Crippen molar-refractivity contribution in [2.75, 3.05) is 0 Å². The van der Waals surface area contributed by atoms with Gasteiger partial charge in [0.25, 0.3) is 5.56 Å². The Labute approximate surface area is 157 Å². The van der Waals surface area contributed by atoms with Gasteiger partial charge in [0, 0.05) is 9.90 Å². The van der Waals surface area contributed by atoms with E-state index in [2.05, 4.69) is 0 Å². The predicted octanol–water partition coefficient (Wildman–Crippen LogP) is 2.23. The van der Waals surface area contributed by atoms with Crippen LogP contribution >= 0.6 is 22.9 Å². The third kappa shape index (κ3) is 2.68. The highest BCUT2D eigenvalue weighted by Gasteiger charge is 2.24. The van der Waals surface area contributed by atoms with Crippen LogP contribution < -0.4 is 17.0 Å². The third-order valence-electron chi connectivity index (χ3n) is 4.63. The fourth-order valence-corrected chi connectivity index (χ4v) is 4.95. The fraction of sp³-hybridized carbons (Fsp3) is 0.278. The summed E-state index contributed by atoms with van der Waals surface area (Å²) >= 11 is 7.33. The molecule has 2 heterocycles. The Morgan fingerprint density at radius 2 is 1.85 bits per heavy atom. The minimum atomic E-state index is -0.620. The molecule has 26 heavy (non-hydrogen) atoms. The van der Waals surface area contributed by atoms with Crippen LogP contribution in [0, 0.1) is 0 Å². The van der Waals surface area contributed by atoms with E-state index >= 15 is 0 Å². The number of thiophene rings is 1. The number of nitrogens with two attached hydrogens (primary N) is 1. The Morgan fingerprint density at radius 1 is 1.15 bits per heavy atom. The average Bonchev–Trinajstić information content (AvgIpc) is 3.00. The SMILES string of the molecule is NC(=O)Cn1c(=O)n(-c2ccc(Cl)cc2)c(=O)c2sc3c(c21)CCCC3. The number of carbonyl (C=O) groups is 1. The van der Waals surface area contributed by atoms with Gasteiger partial charge in [-0.15, -0.1) is 11.3 Å². The molecular formula is C18H16ClN3O3S. The number of fused-ring (bicyclic) bond motifs is 3. The number of benzene rings is 1. The second kappa shape index (κ2) is 6.41. The van der Waals surface area contributed by atoms with Crippen molar-refractivity contribution >= 4 is 39.1 Å². The lowest BCUT2D eigenvalue weighted by Crippen LogP contribution is -2.40. The van der Waals surface area contributed by atoms with Crippen LogP contribution in [0.2, 0.25) is 5.02 Å². The summed E-state index contributed by atoms with van der Waals surface area (Å²) in [6, 6.07) is 6.45. The zero-order chi connectivity index (χ0) is 18.4. The highest BCUT2D eigenvalue weighted by Crippen LogP contribution is 2.34. The van der Waals surface area contributed by atoms with Gasteiger partial charge in [-0.2, -0.15) is 0 Å². The van der Waals surface area contributed by atoms with E-state index in [0.29, 0.717) is 20.9 Å².